The quantitative estimate of drug-likeness (QED) is 0.730. The molecule has 0 unspecified atom stereocenters. The Morgan fingerprint density at radius 1 is 1.25 bits per heavy atom. The van der Waals surface area contributed by atoms with Crippen LogP contribution in [0.4, 0.5) is 0 Å². The highest BCUT2D eigenvalue weighted by Gasteiger charge is 2.16. The minimum atomic E-state index is 0.705. The lowest BCUT2D eigenvalue weighted by molar-refractivity contribution is 0.207. The van der Waals surface area contributed by atoms with Gasteiger partial charge in [-0.25, -0.2) is 0 Å². The lowest BCUT2D eigenvalue weighted by atomic mass is 9.90. The van der Waals surface area contributed by atoms with Crippen molar-refractivity contribution in [3.8, 4) is 5.75 Å². The Morgan fingerprint density at radius 2 is 2.05 bits per heavy atom. The summed E-state index contributed by atoms with van der Waals surface area (Å²) in [7, 11) is 0. The van der Waals surface area contributed by atoms with Crippen molar-refractivity contribution in [3.63, 3.8) is 0 Å². The number of benzene rings is 1. The van der Waals surface area contributed by atoms with E-state index in [0.717, 1.165) is 36.9 Å². The maximum absolute atomic E-state index is 6.31. The van der Waals surface area contributed by atoms with Gasteiger partial charge in [0.05, 0.1) is 11.6 Å². The summed E-state index contributed by atoms with van der Waals surface area (Å²) in [5, 5.41) is 4.15. The zero-order valence-electron chi connectivity index (χ0n) is 12.5. The molecule has 0 radical (unpaired) electrons. The summed E-state index contributed by atoms with van der Waals surface area (Å²) in [6, 6.07) is 6.02. The summed E-state index contributed by atoms with van der Waals surface area (Å²) < 4.78 is 6.07. The van der Waals surface area contributed by atoms with Gasteiger partial charge in [0.15, 0.2) is 0 Å². The molecule has 1 aromatic rings. The Hall–Kier alpha value is -0.730. The van der Waals surface area contributed by atoms with Gasteiger partial charge in [-0.15, -0.1) is 0 Å². The van der Waals surface area contributed by atoms with E-state index in [1.54, 1.807) is 0 Å². The van der Waals surface area contributed by atoms with Crippen LogP contribution in [0.2, 0.25) is 5.02 Å². The summed E-state index contributed by atoms with van der Waals surface area (Å²) in [6.07, 6.45) is 7.82. The maximum atomic E-state index is 6.31. The maximum Gasteiger partial charge on any atom is 0.142 e. The normalized spacial score (nSPS) is 16.3. The first kappa shape index (κ1) is 15.7. The van der Waals surface area contributed by atoms with Crippen molar-refractivity contribution in [2.45, 2.75) is 52.0 Å². The van der Waals surface area contributed by atoms with Crippen molar-refractivity contribution >= 4 is 11.6 Å². The molecule has 1 aliphatic carbocycles. The largest absolute Gasteiger partial charge is 0.491 e. The van der Waals surface area contributed by atoms with E-state index in [1.165, 1.54) is 37.7 Å². The van der Waals surface area contributed by atoms with Gasteiger partial charge in [-0.3, -0.25) is 0 Å². The van der Waals surface area contributed by atoms with Crippen LogP contribution in [-0.4, -0.2) is 13.2 Å². The molecule has 0 saturated heterocycles. The number of ether oxygens (including phenoxy) is 1. The summed E-state index contributed by atoms with van der Waals surface area (Å²) in [5.74, 6) is 1.58. The molecule has 20 heavy (non-hydrogen) atoms. The minimum Gasteiger partial charge on any atom is -0.491 e. The van der Waals surface area contributed by atoms with Gasteiger partial charge < -0.3 is 10.1 Å². The number of nitrogens with one attached hydrogen (secondary N) is 1. The molecule has 0 atom stereocenters. The van der Waals surface area contributed by atoms with Crippen LogP contribution in [0, 0.1) is 5.92 Å². The lowest BCUT2D eigenvalue weighted by Crippen LogP contribution is -2.18. The molecule has 1 aliphatic rings. The predicted octanol–water partition coefficient (Wildman–Crippen LogP) is 4.80. The van der Waals surface area contributed by atoms with Gasteiger partial charge in [0.2, 0.25) is 0 Å². The lowest BCUT2D eigenvalue weighted by Gasteiger charge is -2.23. The van der Waals surface area contributed by atoms with E-state index in [9.17, 15) is 0 Å². The molecule has 1 N–H and O–H groups in total. The van der Waals surface area contributed by atoms with Crippen molar-refractivity contribution in [1.82, 2.24) is 5.32 Å². The van der Waals surface area contributed by atoms with Gasteiger partial charge in [-0.2, -0.15) is 0 Å². The Morgan fingerprint density at radius 3 is 2.80 bits per heavy atom. The Balaban J connectivity index is 1.93. The van der Waals surface area contributed by atoms with E-state index < -0.39 is 0 Å². The highest BCUT2D eigenvalue weighted by atomic mass is 35.5. The second kappa shape index (κ2) is 8.53. The number of hydrogen-bond donors (Lipinski definition) is 1. The number of halogens is 1. The Kier molecular flexibility index (Phi) is 6.68. The molecule has 0 heterocycles. The van der Waals surface area contributed by atoms with Crippen LogP contribution in [0.25, 0.3) is 0 Å². The molecule has 112 valence electrons. The molecule has 0 aliphatic heterocycles. The molecule has 1 aromatic carbocycles. The third-order valence-corrected chi connectivity index (χ3v) is 4.28. The van der Waals surface area contributed by atoms with Crippen LogP contribution in [0.3, 0.4) is 0 Å². The molecule has 0 spiro atoms. The fraction of sp³-hybridized carbons (Fsp3) is 0.647. The monoisotopic (exact) mass is 295 g/mol. The van der Waals surface area contributed by atoms with Gasteiger partial charge in [-0.05, 0) is 37.8 Å². The van der Waals surface area contributed by atoms with Gasteiger partial charge in [0, 0.05) is 12.1 Å². The molecule has 2 nitrogen and oxygen atoms in total. The fourth-order valence-corrected chi connectivity index (χ4v) is 3.06. The summed E-state index contributed by atoms with van der Waals surface area (Å²) in [5.41, 5.74) is 1.17. The summed E-state index contributed by atoms with van der Waals surface area (Å²) in [6.45, 7) is 4.83. The standard InChI is InChI=1S/C17H26ClNO/c1-2-11-19-12-15-9-6-10-16(18)17(15)20-13-14-7-4-3-5-8-14/h6,9-10,14,19H,2-5,7-8,11-13H2,1H3. The van der Waals surface area contributed by atoms with Crippen LogP contribution in [0.15, 0.2) is 18.2 Å². The second-order valence-corrected chi connectivity index (χ2v) is 6.13. The molecule has 2 rings (SSSR count). The molecule has 1 fully saturated rings. The zero-order valence-corrected chi connectivity index (χ0v) is 13.2. The third-order valence-electron chi connectivity index (χ3n) is 3.98. The van der Waals surface area contributed by atoms with Gasteiger partial charge in [0.25, 0.3) is 0 Å². The molecule has 0 bridgehead atoms. The summed E-state index contributed by atoms with van der Waals surface area (Å²) >= 11 is 6.31. The first-order valence-electron chi connectivity index (χ1n) is 7.92. The van der Waals surface area contributed by atoms with E-state index in [-0.39, 0.29) is 0 Å². The van der Waals surface area contributed by atoms with Crippen LogP contribution in [0.1, 0.15) is 51.0 Å². The van der Waals surface area contributed by atoms with Gasteiger partial charge in [-0.1, -0.05) is 49.9 Å². The predicted molar refractivity (Wildman–Crippen MR) is 85.5 cm³/mol. The average molecular weight is 296 g/mol. The van der Waals surface area contributed by atoms with E-state index >= 15 is 0 Å². The minimum absolute atomic E-state index is 0.705. The Bertz CT molecular complexity index is 402. The van der Waals surface area contributed by atoms with E-state index in [0.29, 0.717) is 5.92 Å². The van der Waals surface area contributed by atoms with Crippen molar-refractivity contribution in [1.29, 1.82) is 0 Å². The molecule has 0 aromatic heterocycles. The van der Waals surface area contributed by atoms with Crippen molar-refractivity contribution in [2.75, 3.05) is 13.2 Å². The number of para-hydroxylation sites is 1. The average Bonchev–Trinajstić information content (AvgIpc) is 2.48. The van der Waals surface area contributed by atoms with Gasteiger partial charge in [0.1, 0.15) is 5.75 Å². The zero-order chi connectivity index (χ0) is 14.2. The first-order valence-corrected chi connectivity index (χ1v) is 8.30. The van der Waals surface area contributed by atoms with Crippen LogP contribution in [-0.2, 0) is 6.54 Å². The van der Waals surface area contributed by atoms with Crippen LogP contribution in [0.5, 0.6) is 5.75 Å². The molecule has 0 amide bonds. The topological polar surface area (TPSA) is 21.3 Å². The van der Waals surface area contributed by atoms with E-state index in [1.807, 2.05) is 12.1 Å². The van der Waals surface area contributed by atoms with E-state index in [4.69, 9.17) is 16.3 Å². The van der Waals surface area contributed by atoms with Crippen molar-refractivity contribution < 1.29 is 4.74 Å². The summed E-state index contributed by atoms with van der Waals surface area (Å²) in [4.78, 5) is 0. The smallest absolute Gasteiger partial charge is 0.142 e. The number of hydrogen-bond acceptors (Lipinski definition) is 2. The fourth-order valence-electron chi connectivity index (χ4n) is 2.81. The SMILES string of the molecule is CCCNCc1cccc(Cl)c1OCC1CCCCC1. The third kappa shape index (κ3) is 4.68. The van der Waals surface area contributed by atoms with Crippen molar-refractivity contribution in [3.05, 3.63) is 28.8 Å². The number of rotatable bonds is 7. The highest BCUT2D eigenvalue weighted by molar-refractivity contribution is 6.32. The molecule has 1 saturated carbocycles. The molecular formula is C17H26ClNO. The molecule has 3 heteroatoms. The van der Waals surface area contributed by atoms with Gasteiger partial charge >= 0.3 is 0 Å². The molecular weight excluding hydrogens is 270 g/mol. The van der Waals surface area contributed by atoms with Crippen LogP contribution < -0.4 is 10.1 Å². The first-order chi connectivity index (χ1) is 9.81. The van der Waals surface area contributed by atoms with E-state index in [2.05, 4.69) is 18.3 Å². The highest BCUT2D eigenvalue weighted by Crippen LogP contribution is 2.31. The second-order valence-electron chi connectivity index (χ2n) is 5.72. The Labute approximate surface area is 127 Å². The van der Waals surface area contributed by atoms with Crippen molar-refractivity contribution in [2.24, 2.45) is 5.92 Å². The van der Waals surface area contributed by atoms with Crippen LogP contribution >= 0.6 is 11.6 Å².